The lowest BCUT2D eigenvalue weighted by molar-refractivity contribution is -0.181. The van der Waals surface area contributed by atoms with Crippen molar-refractivity contribution in [2.24, 2.45) is 11.8 Å². The number of carboxylic acids is 1. The van der Waals surface area contributed by atoms with E-state index in [1.54, 1.807) is 0 Å². The van der Waals surface area contributed by atoms with Crippen LogP contribution in [0.15, 0.2) is 17.1 Å². The number of anilines is 1. The van der Waals surface area contributed by atoms with E-state index in [1.165, 1.54) is 4.57 Å². The largest absolute Gasteiger partial charge is 0.477 e. The SMILES string of the molecule is O=C(O)c1cn(C2CC2)c2c(F)c(N3C[C@H](CO)[C@@H](C(F)(F)F)C3)c(F)cc2c1=O. The van der Waals surface area contributed by atoms with Crippen molar-refractivity contribution in [3.05, 3.63) is 39.7 Å². The third kappa shape index (κ3) is 3.21. The number of carboxylic acid groups (broad SMARTS) is 1. The second-order valence-electron chi connectivity index (χ2n) is 7.73. The number of aliphatic hydroxyl groups excluding tert-OH is 1. The molecular formula is C19H17F5N2O4. The fourth-order valence-corrected chi connectivity index (χ4v) is 4.12. The van der Waals surface area contributed by atoms with Crippen molar-refractivity contribution in [2.45, 2.75) is 25.1 Å². The molecule has 0 radical (unpaired) electrons. The molecule has 2 atom stereocenters. The predicted octanol–water partition coefficient (Wildman–Crippen LogP) is 2.92. The molecular weight excluding hydrogens is 415 g/mol. The van der Waals surface area contributed by atoms with Crippen LogP contribution in [0.1, 0.15) is 29.2 Å². The number of pyridine rings is 1. The van der Waals surface area contributed by atoms with Gasteiger partial charge < -0.3 is 19.7 Å². The number of alkyl halides is 3. The highest BCUT2D eigenvalue weighted by atomic mass is 19.4. The van der Waals surface area contributed by atoms with E-state index in [9.17, 15) is 37.4 Å². The molecule has 2 heterocycles. The Kier molecular flexibility index (Phi) is 4.75. The Hall–Kier alpha value is -2.69. The van der Waals surface area contributed by atoms with Gasteiger partial charge in [0.15, 0.2) is 5.82 Å². The molecule has 30 heavy (non-hydrogen) atoms. The number of benzene rings is 1. The van der Waals surface area contributed by atoms with E-state index in [-0.39, 0.29) is 11.6 Å². The van der Waals surface area contributed by atoms with Gasteiger partial charge in [-0.2, -0.15) is 13.2 Å². The lowest BCUT2D eigenvalue weighted by atomic mass is 9.97. The summed E-state index contributed by atoms with van der Waals surface area (Å²) in [6.45, 7) is -1.96. The first-order valence-corrected chi connectivity index (χ1v) is 9.27. The molecule has 0 bridgehead atoms. The molecule has 2 aromatic rings. The van der Waals surface area contributed by atoms with Crippen LogP contribution < -0.4 is 10.3 Å². The highest BCUT2D eigenvalue weighted by Gasteiger charge is 2.50. The van der Waals surface area contributed by atoms with E-state index < -0.39 is 77.4 Å². The van der Waals surface area contributed by atoms with Gasteiger partial charge in [0, 0.05) is 37.9 Å². The van der Waals surface area contributed by atoms with E-state index in [0.29, 0.717) is 18.9 Å². The van der Waals surface area contributed by atoms with Crippen molar-refractivity contribution in [3.63, 3.8) is 0 Å². The first-order chi connectivity index (χ1) is 14.0. The Morgan fingerprint density at radius 1 is 1.20 bits per heavy atom. The summed E-state index contributed by atoms with van der Waals surface area (Å²) in [7, 11) is 0. The maximum Gasteiger partial charge on any atom is 0.393 e. The quantitative estimate of drug-likeness (QED) is 0.727. The van der Waals surface area contributed by atoms with Crippen LogP contribution in [-0.2, 0) is 0 Å². The summed E-state index contributed by atoms with van der Waals surface area (Å²) in [6.07, 6.45) is -2.47. The molecule has 1 saturated carbocycles. The molecule has 1 saturated heterocycles. The van der Waals surface area contributed by atoms with Crippen molar-refractivity contribution >= 4 is 22.6 Å². The highest BCUT2D eigenvalue weighted by molar-refractivity contribution is 5.94. The lowest BCUT2D eigenvalue weighted by Gasteiger charge is -2.23. The average Bonchev–Trinajstić information content (AvgIpc) is 3.40. The minimum absolute atomic E-state index is 0.286. The maximum atomic E-state index is 15.5. The predicted molar refractivity (Wildman–Crippen MR) is 95.7 cm³/mol. The van der Waals surface area contributed by atoms with Crippen LogP contribution in [0.25, 0.3) is 10.9 Å². The minimum atomic E-state index is -4.65. The van der Waals surface area contributed by atoms with Crippen LogP contribution in [0, 0.1) is 23.5 Å². The molecule has 1 aromatic carbocycles. The zero-order valence-electron chi connectivity index (χ0n) is 15.4. The van der Waals surface area contributed by atoms with Gasteiger partial charge in [-0.15, -0.1) is 0 Å². The molecule has 162 valence electrons. The molecule has 2 fully saturated rings. The average molecular weight is 432 g/mol. The smallest absolute Gasteiger partial charge is 0.393 e. The molecule has 11 heteroatoms. The van der Waals surface area contributed by atoms with Crippen LogP contribution in [0.4, 0.5) is 27.6 Å². The van der Waals surface area contributed by atoms with Crippen LogP contribution >= 0.6 is 0 Å². The van der Waals surface area contributed by atoms with Crippen molar-refractivity contribution < 1.29 is 37.0 Å². The first kappa shape index (κ1) is 20.6. The fraction of sp³-hybridized carbons (Fsp3) is 0.474. The van der Waals surface area contributed by atoms with Gasteiger partial charge in [0.1, 0.15) is 17.1 Å². The van der Waals surface area contributed by atoms with Crippen molar-refractivity contribution in [2.75, 3.05) is 24.6 Å². The Balaban J connectivity index is 1.91. The maximum absolute atomic E-state index is 15.5. The normalized spacial score (nSPS) is 22.1. The van der Waals surface area contributed by atoms with Gasteiger partial charge in [0.2, 0.25) is 5.43 Å². The molecule has 0 spiro atoms. The van der Waals surface area contributed by atoms with Gasteiger partial charge >= 0.3 is 12.1 Å². The molecule has 4 rings (SSSR count). The van der Waals surface area contributed by atoms with Crippen molar-refractivity contribution in [3.8, 4) is 0 Å². The third-order valence-electron chi connectivity index (χ3n) is 5.77. The monoisotopic (exact) mass is 432 g/mol. The molecule has 2 aliphatic rings. The molecule has 2 N–H and O–H groups in total. The van der Waals surface area contributed by atoms with E-state index in [1.807, 2.05) is 0 Å². The van der Waals surface area contributed by atoms with Crippen LogP contribution in [-0.4, -0.2) is 46.6 Å². The first-order valence-electron chi connectivity index (χ1n) is 9.27. The Morgan fingerprint density at radius 3 is 2.37 bits per heavy atom. The summed E-state index contributed by atoms with van der Waals surface area (Å²) in [4.78, 5) is 24.7. The van der Waals surface area contributed by atoms with Gasteiger partial charge in [0.05, 0.1) is 16.8 Å². The van der Waals surface area contributed by atoms with Gasteiger partial charge in [0.25, 0.3) is 0 Å². The number of aromatic nitrogens is 1. The summed E-state index contributed by atoms with van der Waals surface area (Å²) in [5, 5.41) is 18.1. The Bertz CT molecular complexity index is 1090. The van der Waals surface area contributed by atoms with Gasteiger partial charge in [-0.05, 0) is 18.9 Å². The number of halogens is 5. The van der Waals surface area contributed by atoms with E-state index in [0.717, 1.165) is 11.1 Å². The van der Waals surface area contributed by atoms with E-state index in [4.69, 9.17) is 0 Å². The number of hydrogen-bond acceptors (Lipinski definition) is 4. The van der Waals surface area contributed by atoms with Crippen LogP contribution in [0.2, 0.25) is 0 Å². The van der Waals surface area contributed by atoms with Gasteiger partial charge in [-0.25, -0.2) is 13.6 Å². The minimum Gasteiger partial charge on any atom is -0.477 e. The van der Waals surface area contributed by atoms with E-state index in [2.05, 4.69) is 0 Å². The number of aliphatic hydroxyl groups is 1. The molecule has 6 nitrogen and oxygen atoms in total. The number of carbonyl (C=O) groups is 1. The van der Waals surface area contributed by atoms with Crippen molar-refractivity contribution in [1.82, 2.24) is 4.57 Å². The second kappa shape index (κ2) is 6.93. The number of nitrogens with zero attached hydrogens (tertiary/aromatic N) is 2. The number of hydrogen-bond donors (Lipinski definition) is 2. The second-order valence-corrected chi connectivity index (χ2v) is 7.73. The topological polar surface area (TPSA) is 82.8 Å². The molecule has 1 aliphatic heterocycles. The fourth-order valence-electron chi connectivity index (χ4n) is 4.12. The Labute approximate surface area is 166 Å². The summed E-state index contributed by atoms with van der Waals surface area (Å²) < 4.78 is 71.3. The summed E-state index contributed by atoms with van der Waals surface area (Å²) >= 11 is 0. The van der Waals surface area contributed by atoms with Crippen LogP contribution in [0.5, 0.6) is 0 Å². The summed E-state index contributed by atoms with van der Waals surface area (Å²) in [5.41, 5.74) is -2.76. The summed E-state index contributed by atoms with van der Waals surface area (Å²) in [5.74, 6) is -7.23. The third-order valence-corrected chi connectivity index (χ3v) is 5.77. The molecule has 1 aliphatic carbocycles. The highest BCUT2D eigenvalue weighted by Crippen LogP contribution is 2.43. The standard InChI is InChI=1S/C19H17F5N2O4/c20-13-3-10-15(26(9-1-2-9)5-11(17(10)28)18(29)30)14(21)16(13)25-4-8(7-27)12(6-25)19(22,23)24/h3,5,8-9,12,27H,1-2,4,6-7H2,(H,29,30)/t8-,12+/m1/s1. The lowest BCUT2D eigenvalue weighted by Crippen LogP contribution is -2.31. The van der Waals surface area contributed by atoms with Crippen LogP contribution in [0.3, 0.4) is 0 Å². The molecule has 1 aromatic heterocycles. The van der Waals surface area contributed by atoms with Crippen molar-refractivity contribution in [1.29, 1.82) is 0 Å². The molecule has 0 unspecified atom stereocenters. The number of aromatic carboxylic acids is 1. The number of rotatable bonds is 4. The Morgan fingerprint density at radius 2 is 1.87 bits per heavy atom. The number of fused-ring (bicyclic) bond motifs is 1. The van der Waals surface area contributed by atoms with E-state index >= 15 is 4.39 Å². The zero-order valence-corrected chi connectivity index (χ0v) is 15.4. The van der Waals surface area contributed by atoms with Gasteiger partial charge in [-0.1, -0.05) is 0 Å². The summed E-state index contributed by atoms with van der Waals surface area (Å²) in [6, 6.07) is 0.390. The molecule has 0 amide bonds. The van der Waals surface area contributed by atoms with Gasteiger partial charge in [-0.3, -0.25) is 4.79 Å². The zero-order chi connectivity index (χ0) is 22.0.